The van der Waals surface area contributed by atoms with Gasteiger partial charge in [-0.2, -0.15) is 0 Å². The summed E-state index contributed by atoms with van der Waals surface area (Å²) in [4.78, 5) is 10.4. The molecule has 0 radical (unpaired) electrons. The van der Waals surface area contributed by atoms with Crippen molar-refractivity contribution < 1.29 is 14.6 Å². The van der Waals surface area contributed by atoms with Gasteiger partial charge in [0.2, 0.25) is 0 Å². The number of hydrogen-bond donors (Lipinski definition) is 2. The molecule has 0 spiro atoms. The van der Waals surface area contributed by atoms with Gasteiger partial charge in [-0.05, 0) is 35.2 Å². The number of nitrogens with two attached hydrogens (primary N) is 1. The number of carboxylic acid groups (broad SMARTS) is 1. The first-order chi connectivity index (χ1) is 12.6. The fourth-order valence-corrected chi connectivity index (χ4v) is 2.37. The summed E-state index contributed by atoms with van der Waals surface area (Å²) in [6, 6.07) is 26.9. The van der Waals surface area contributed by atoms with Crippen LogP contribution in [0.3, 0.4) is 0 Å². The molecular formula is C22H23NO3. The van der Waals surface area contributed by atoms with E-state index in [-0.39, 0.29) is 0 Å². The van der Waals surface area contributed by atoms with Crippen LogP contribution in [0.15, 0.2) is 84.9 Å². The fourth-order valence-electron chi connectivity index (χ4n) is 2.37. The molecule has 0 unspecified atom stereocenters. The second kappa shape index (κ2) is 10.0. The zero-order valence-corrected chi connectivity index (χ0v) is 14.7. The van der Waals surface area contributed by atoms with Gasteiger partial charge in [0, 0.05) is 0 Å². The Morgan fingerprint density at radius 2 is 1.38 bits per heavy atom. The summed E-state index contributed by atoms with van der Waals surface area (Å²) in [6.45, 7) is 0. The third kappa shape index (κ3) is 6.07. The van der Waals surface area contributed by atoms with Crippen molar-refractivity contribution in [2.75, 3.05) is 7.11 Å². The van der Waals surface area contributed by atoms with Crippen molar-refractivity contribution in [3.8, 4) is 16.9 Å². The maximum Gasteiger partial charge on any atom is 0.320 e. The molecule has 0 heterocycles. The normalized spacial score (nSPS) is 11.0. The zero-order valence-electron chi connectivity index (χ0n) is 14.7. The molecule has 26 heavy (non-hydrogen) atoms. The van der Waals surface area contributed by atoms with Gasteiger partial charge in [-0.25, -0.2) is 0 Å². The van der Waals surface area contributed by atoms with E-state index in [1.807, 2.05) is 60.7 Å². The van der Waals surface area contributed by atoms with E-state index in [4.69, 9.17) is 15.6 Å². The fraction of sp³-hybridized carbons (Fsp3) is 0.136. The largest absolute Gasteiger partial charge is 0.497 e. The third-order valence-electron chi connectivity index (χ3n) is 3.81. The number of methoxy groups -OCH3 is 1. The average molecular weight is 349 g/mol. The van der Waals surface area contributed by atoms with E-state index < -0.39 is 12.0 Å². The molecule has 0 amide bonds. The number of benzene rings is 3. The molecule has 3 aromatic carbocycles. The quantitative estimate of drug-likeness (QED) is 0.730. The van der Waals surface area contributed by atoms with Gasteiger partial charge >= 0.3 is 5.97 Å². The Hall–Kier alpha value is -3.11. The minimum Gasteiger partial charge on any atom is -0.497 e. The molecular weight excluding hydrogens is 326 g/mol. The average Bonchev–Trinajstić information content (AvgIpc) is 2.70. The summed E-state index contributed by atoms with van der Waals surface area (Å²) in [7, 11) is 1.68. The highest BCUT2D eigenvalue weighted by Crippen LogP contribution is 2.21. The highest BCUT2D eigenvalue weighted by Gasteiger charge is 2.10. The van der Waals surface area contributed by atoms with Gasteiger partial charge in [0.05, 0.1) is 7.11 Å². The lowest BCUT2D eigenvalue weighted by atomic mass is 10.1. The zero-order chi connectivity index (χ0) is 18.8. The highest BCUT2D eigenvalue weighted by atomic mass is 16.5. The molecule has 0 aliphatic rings. The molecule has 3 rings (SSSR count). The molecule has 4 heteroatoms. The molecule has 3 aromatic rings. The van der Waals surface area contributed by atoms with Crippen molar-refractivity contribution in [3.63, 3.8) is 0 Å². The van der Waals surface area contributed by atoms with Crippen molar-refractivity contribution in [1.82, 2.24) is 0 Å². The second-order valence-corrected chi connectivity index (χ2v) is 5.73. The van der Waals surface area contributed by atoms with Gasteiger partial charge in [0.1, 0.15) is 11.8 Å². The van der Waals surface area contributed by atoms with Crippen LogP contribution in [-0.4, -0.2) is 24.2 Å². The van der Waals surface area contributed by atoms with Crippen molar-refractivity contribution in [3.05, 3.63) is 90.5 Å². The Labute approximate surface area is 153 Å². The molecule has 0 aliphatic heterocycles. The van der Waals surface area contributed by atoms with Crippen LogP contribution < -0.4 is 10.5 Å². The van der Waals surface area contributed by atoms with Crippen LogP contribution >= 0.6 is 0 Å². The summed E-state index contributed by atoms with van der Waals surface area (Å²) < 4.78 is 5.11. The van der Waals surface area contributed by atoms with Gasteiger partial charge in [0.15, 0.2) is 0 Å². The van der Waals surface area contributed by atoms with Crippen LogP contribution in [0.25, 0.3) is 11.1 Å². The minimum absolute atomic E-state index is 0.385. The number of hydrogen-bond acceptors (Lipinski definition) is 3. The highest BCUT2D eigenvalue weighted by molar-refractivity contribution is 5.73. The summed E-state index contributed by atoms with van der Waals surface area (Å²) in [5.41, 5.74) is 8.75. The first kappa shape index (κ1) is 19.2. The van der Waals surface area contributed by atoms with Gasteiger partial charge in [0.25, 0.3) is 0 Å². The maximum absolute atomic E-state index is 10.4. The lowest BCUT2D eigenvalue weighted by Gasteiger charge is -2.04. The number of carboxylic acids is 1. The van der Waals surface area contributed by atoms with E-state index in [0.717, 1.165) is 11.3 Å². The molecule has 0 fully saturated rings. The summed E-state index contributed by atoms with van der Waals surface area (Å²) in [5, 5.41) is 8.52. The number of rotatable bonds is 5. The molecule has 0 aromatic heterocycles. The molecule has 134 valence electrons. The van der Waals surface area contributed by atoms with Crippen LogP contribution in [0.4, 0.5) is 0 Å². The molecule has 0 aliphatic carbocycles. The standard InChI is InChI=1S/C13H12O.C9H11NO2/c1-14-13-9-7-12(8-10-13)11-5-3-2-4-6-11;10-8(9(11)12)6-7-4-2-1-3-5-7/h2-10H,1H3;1-5,8H,6,10H2,(H,11,12)/t;8-/m.0/s1. The number of ether oxygens (including phenoxy) is 1. The Morgan fingerprint density at radius 1 is 0.885 bits per heavy atom. The monoisotopic (exact) mass is 349 g/mol. The van der Waals surface area contributed by atoms with Crippen molar-refractivity contribution >= 4 is 5.97 Å². The molecule has 3 N–H and O–H groups in total. The Balaban J connectivity index is 0.000000190. The van der Waals surface area contributed by atoms with Crippen molar-refractivity contribution in [2.24, 2.45) is 5.73 Å². The Bertz CT molecular complexity index is 787. The maximum atomic E-state index is 10.4. The molecule has 0 bridgehead atoms. The van der Waals surface area contributed by atoms with Crippen LogP contribution in [0.2, 0.25) is 0 Å². The summed E-state index contributed by atoms with van der Waals surface area (Å²) >= 11 is 0. The SMILES string of the molecule is COc1ccc(-c2ccccc2)cc1.N[C@@H](Cc1ccccc1)C(=O)O. The van der Waals surface area contributed by atoms with Crippen LogP contribution in [0.1, 0.15) is 5.56 Å². The Morgan fingerprint density at radius 3 is 1.88 bits per heavy atom. The van der Waals surface area contributed by atoms with Crippen LogP contribution in [-0.2, 0) is 11.2 Å². The Kier molecular flexibility index (Phi) is 7.40. The van der Waals surface area contributed by atoms with Gasteiger partial charge < -0.3 is 15.6 Å². The first-order valence-electron chi connectivity index (χ1n) is 8.32. The lowest BCUT2D eigenvalue weighted by Crippen LogP contribution is -2.32. The number of aliphatic carboxylic acids is 1. The molecule has 0 saturated carbocycles. The molecule has 4 nitrogen and oxygen atoms in total. The minimum atomic E-state index is -0.959. The van der Waals surface area contributed by atoms with Crippen molar-refractivity contribution in [2.45, 2.75) is 12.5 Å². The van der Waals surface area contributed by atoms with E-state index in [0.29, 0.717) is 6.42 Å². The predicted octanol–water partition coefficient (Wildman–Crippen LogP) is 4.00. The summed E-state index contributed by atoms with van der Waals surface area (Å²) in [5.74, 6) is -0.0662. The van der Waals surface area contributed by atoms with E-state index >= 15 is 0 Å². The molecule has 0 saturated heterocycles. The first-order valence-corrected chi connectivity index (χ1v) is 8.32. The van der Waals surface area contributed by atoms with E-state index in [1.165, 1.54) is 11.1 Å². The van der Waals surface area contributed by atoms with E-state index in [9.17, 15) is 4.79 Å². The van der Waals surface area contributed by atoms with Gasteiger partial charge in [-0.15, -0.1) is 0 Å². The van der Waals surface area contributed by atoms with Crippen molar-refractivity contribution in [1.29, 1.82) is 0 Å². The molecule has 1 atom stereocenters. The predicted molar refractivity (Wildman–Crippen MR) is 104 cm³/mol. The second-order valence-electron chi connectivity index (χ2n) is 5.73. The topological polar surface area (TPSA) is 72.5 Å². The van der Waals surface area contributed by atoms with Crippen LogP contribution in [0, 0.1) is 0 Å². The van der Waals surface area contributed by atoms with Crippen LogP contribution in [0.5, 0.6) is 5.75 Å². The summed E-state index contributed by atoms with van der Waals surface area (Å²) in [6.07, 6.45) is 0.385. The van der Waals surface area contributed by atoms with E-state index in [1.54, 1.807) is 7.11 Å². The van der Waals surface area contributed by atoms with Gasteiger partial charge in [-0.3, -0.25) is 4.79 Å². The smallest absolute Gasteiger partial charge is 0.320 e. The number of carbonyl (C=O) groups is 1. The van der Waals surface area contributed by atoms with Gasteiger partial charge in [-0.1, -0.05) is 72.8 Å². The third-order valence-corrected chi connectivity index (χ3v) is 3.81. The lowest BCUT2D eigenvalue weighted by molar-refractivity contribution is -0.138. The van der Waals surface area contributed by atoms with E-state index in [2.05, 4.69) is 24.3 Å².